The fraction of sp³-hybridized carbons (Fsp3) is 0.767. The molecule has 0 aromatic heterocycles. The predicted molar refractivity (Wildman–Crippen MR) is 155 cm³/mol. The van der Waals surface area contributed by atoms with E-state index in [9.17, 15) is 13.2 Å². The lowest BCUT2D eigenvalue weighted by atomic mass is 9.93. The van der Waals surface area contributed by atoms with Gasteiger partial charge in [-0.25, -0.2) is 4.99 Å². The zero-order chi connectivity index (χ0) is 30.2. The third-order valence-corrected chi connectivity index (χ3v) is 7.73. The van der Waals surface area contributed by atoms with E-state index in [1.807, 2.05) is 41.5 Å². The maximum Gasteiger partial charge on any atom is 0.419 e. The molecule has 0 fully saturated rings. The second-order valence-corrected chi connectivity index (χ2v) is 14.0. The van der Waals surface area contributed by atoms with E-state index in [2.05, 4.69) is 18.8 Å². The van der Waals surface area contributed by atoms with Crippen LogP contribution in [0.25, 0.3) is 0 Å². The first kappa shape index (κ1) is 34.8. The molecule has 230 valence electrons. The van der Waals surface area contributed by atoms with E-state index in [1.54, 1.807) is 13.0 Å². The summed E-state index contributed by atoms with van der Waals surface area (Å²) in [6.45, 7) is 18.3. The van der Waals surface area contributed by atoms with E-state index in [0.29, 0.717) is 30.2 Å². The van der Waals surface area contributed by atoms with Crippen LogP contribution in [0.1, 0.15) is 106 Å². The van der Waals surface area contributed by atoms with Crippen LogP contribution in [-0.2, 0) is 30.9 Å². The van der Waals surface area contributed by atoms with Gasteiger partial charge in [0.2, 0.25) is 0 Å². The zero-order valence-corrected chi connectivity index (χ0v) is 26.6. The molecule has 1 unspecified atom stereocenters. The van der Waals surface area contributed by atoms with Crippen molar-refractivity contribution in [1.29, 1.82) is 0 Å². The van der Waals surface area contributed by atoms with Crippen LogP contribution in [0, 0.1) is 5.92 Å². The Kier molecular flexibility index (Phi) is 12.8. The monoisotopic (exact) mass is 591 g/mol. The number of benzene rings is 1. The number of aryl methyl sites for hydroxylation is 1. The Hall–Kier alpha value is -1.41. The van der Waals surface area contributed by atoms with Crippen molar-refractivity contribution in [2.24, 2.45) is 10.9 Å². The highest BCUT2D eigenvalue weighted by molar-refractivity contribution is 7.41. The smallest absolute Gasteiger partial charge is 0.419 e. The zero-order valence-electron chi connectivity index (χ0n) is 25.7. The van der Waals surface area contributed by atoms with Crippen LogP contribution in [0.5, 0.6) is 5.75 Å². The molecule has 1 aliphatic heterocycles. The van der Waals surface area contributed by atoms with Crippen molar-refractivity contribution < 1.29 is 36.2 Å². The number of unbranched alkanes of at least 4 members (excludes halogenated alkanes) is 2. The number of halogens is 3. The van der Waals surface area contributed by atoms with Gasteiger partial charge in [0.15, 0.2) is 5.90 Å². The fourth-order valence-corrected chi connectivity index (χ4v) is 5.46. The van der Waals surface area contributed by atoms with Crippen molar-refractivity contribution >= 4 is 14.5 Å². The van der Waals surface area contributed by atoms with Crippen LogP contribution in [0.15, 0.2) is 23.2 Å². The lowest BCUT2D eigenvalue weighted by Crippen LogP contribution is -2.35. The first-order chi connectivity index (χ1) is 18.4. The first-order valence-electron chi connectivity index (χ1n) is 14.2. The highest BCUT2D eigenvalue weighted by atomic mass is 31.2. The quantitative estimate of drug-likeness (QED) is 0.150. The van der Waals surface area contributed by atoms with Gasteiger partial charge in [-0.05, 0) is 84.4 Å². The molecule has 0 N–H and O–H groups in total. The summed E-state index contributed by atoms with van der Waals surface area (Å²) in [6, 6.07) is 4.32. The van der Waals surface area contributed by atoms with E-state index < -0.39 is 37.1 Å². The van der Waals surface area contributed by atoms with E-state index in [0.717, 1.165) is 25.7 Å². The summed E-state index contributed by atoms with van der Waals surface area (Å²) < 4.78 is 71.2. The van der Waals surface area contributed by atoms with Gasteiger partial charge in [0.1, 0.15) is 17.9 Å². The Labute approximate surface area is 240 Å². The number of hydrogen-bond donors (Lipinski definition) is 0. The first-order valence-corrected chi connectivity index (χ1v) is 15.3. The van der Waals surface area contributed by atoms with Crippen molar-refractivity contribution in [3.8, 4) is 5.75 Å². The molecule has 0 saturated heterocycles. The number of hydrogen-bond acceptors (Lipinski definition) is 6. The molecule has 2 rings (SSSR count). The van der Waals surface area contributed by atoms with Gasteiger partial charge in [-0.3, -0.25) is 0 Å². The minimum atomic E-state index is -4.51. The van der Waals surface area contributed by atoms with Gasteiger partial charge in [0, 0.05) is 6.92 Å². The van der Waals surface area contributed by atoms with Crippen molar-refractivity contribution in [3.05, 3.63) is 29.3 Å². The summed E-state index contributed by atoms with van der Waals surface area (Å²) in [4.78, 5) is 4.69. The summed E-state index contributed by atoms with van der Waals surface area (Å²) in [5.41, 5.74) is -1.92. The fourth-order valence-electron chi connectivity index (χ4n) is 4.07. The normalized spacial score (nSPS) is 18.4. The molecule has 0 saturated carbocycles. The Morgan fingerprint density at radius 2 is 1.65 bits per heavy atom. The largest absolute Gasteiger partial charge is 0.493 e. The molecule has 1 atom stereocenters. The Morgan fingerprint density at radius 1 is 1.00 bits per heavy atom. The second-order valence-electron chi connectivity index (χ2n) is 13.0. The summed E-state index contributed by atoms with van der Waals surface area (Å²) in [6.07, 6.45) is 0.111. The van der Waals surface area contributed by atoms with Gasteiger partial charge in [-0.15, -0.1) is 0 Å². The SMILES string of the molecule is CC1=NC(CCc2ccc(OCCCCCC(C)C)c(C(F)(F)F)c2)(COP(OC(C)(C)C)OC(C)(C)C)CO1. The van der Waals surface area contributed by atoms with Crippen molar-refractivity contribution in [3.63, 3.8) is 0 Å². The van der Waals surface area contributed by atoms with E-state index in [-0.39, 0.29) is 25.6 Å². The van der Waals surface area contributed by atoms with Crippen LogP contribution in [0.3, 0.4) is 0 Å². The average Bonchev–Trinajstić information content (AvgIpc) is 3.17. The third-order valence-electron chi connectivity index (χ3n) is 5.99. The molecule has 0 bridgehead atoms. The number of nitrogens with zero attached hydrogens (tertiary/aromatic N) is 1. The Morgan fingerprint density at radius 3 is 2.17 bits per heavy atom. The molecule has 1 aromatic carbocycles. The molecule has 1 heterocycles. The van der Waals surface area contributed by atoms with E-state index in [1.165, 1.54) is 12.1 Å². The molecule has 0 aliphatic carbocycles. The number of ether oxygens (including phenoxy) is 2. The van der Waals surface area contributed by atoms with Crippen LogP contribution in [0.4, 0.5) is 13.2 Å². The second kappa shape index (κ2) is 14.7. The third kappa shape index (κ3) is 13.1. The minimum Gasteiger partial charge on any atom is -0.493 e. The Balaban J connectivity index is 2.10. The van der Waals surface area contributed by atoms with Crippen LogP contribution in [-0.4, -0.2) is 42.5 Å². The molecular formula is C30H49F3NO5P. The summed E-state index contributed by atoms with van der Waals surface area (Å²) in [7, 11) is -1.69. The molecule has 0 amide bonds. The van der Waals surface area contributed by atoms with E-state index >= 15 is 0 Å². The van der Waals surface area contributed by atoms with Gasteiger partial charge in [-0.2, -0.15) is 13.2 Å². The maximum atomic E-state index is 13.9. The lowest BCUT2D eigenvalue weighted by Gasteiger charge is -2.32. The highest BCUT2D eigenvalue weighted by Gasteiger charge is 2.39. The predicted octanol–water partition coefficient (Wildman–Crippen LogP) is 9.29. The maximum absolute atomic E-state index is 13.9. The summed E-state index contributed by atoms with van der Waals surface area (Å²) in [5, 5.41) is 0. The number of aliphatic imine (C=N–C) groups is 1. The summed E-state index contributed by atoms with van der Waals surface area (Å²) in [5.74, 6) is 1.02. The van der Waals surface area contributed by atoms with E-state index in [4.69, 9.17) is 23.0 Å². The molecule has 0 spiro atoms. The lowest BCUT2D eigenvalue weighted by molar-refractivity contribution is -0.139. The molecule has 6 nitrogen and oxygen atoms in total. The van der Waals surface area contributed by atoms with Crippen LogP contribution >= 0.6 is 8.60 Å². The standard InChI is InChI=1S/C30H49F3NO5P/c1-22(2)13-11-10-12-18-35-26-15-14-24(19-25(26)30(31,32)33)16-17-29(20-36-23(3)34-29)21-37-40(38-27(4,5)6)39-28(7,8)9/h14-15,19,22H,10-13,16-18,20-21H2,1-9H3. The van der Waals surface area contributed by atoms with Crippen molar-refractivity contribution in [2.75, 3.05) is 19.8 Å². The van der Waals surface area contributed by atoms with Gasteiger partial charge < -0.3 is 23.0 Å². The highest BCUT2D eigenvalue weighted by Crippen LogP contribution is 2.48. The van der Waals surface area contributed by atoms with Crippen molar-refractivity contribution in [1.82, 2.24) is 0 Å². The Bertz CT molecular complexity index is 940. The van der Waals surface area contributed by atoms with Gasteiger partial charge >= 0.3 is 14.8 Å². The molecule has 1 aromatic rings. The number of alkyl halides is 3. The van der Waals surface area contributed by atoms with Gasteiger partial charge in [-0.1, -0.05) is 39.2 Å². The van der Waals surface area contributed by atoms with Crippen molar-refractivity contribution in [2.45, 2.75) is 124 Å². The summed E-state index contributed by atoms with van der Waals surface area (Å²) >= 11 is 0. The average molecular weight is 592 g/mol. The molecular weight excluding hydrogens is 542 g/mol. The van der Waals surface area contributed by atoms with Crippen LogP contribution < -0.4 is 4.74 Å². The van der Waals surface area contributed by atoms with Gasteiger partial charge in [0.05, 0.1) is 30.0 Å². The van der Waals surface area contributed by atoms with Crippen LogP contribution in [0.2, 0.25) is 0 Å². The molecule has 10 heteroatoms. The molecule has 1 aliphatic rings. The molecule has 0 radical (unpaired) electrons. The topological polar surface area (TPSA) is 58.5 Å². The van der Waals surface area contributed by atoms with Gasteiger partial charge in [0.25, 0.3) is 0 Å². The minimum absolute atomic E-state index is 0.125. The number of rotatable bonds is 15. The molecule has 40 heavy (non-hydrogen) atoms.